The first-order valence-electron chi connectivity index (χ1n) is 5.05. The van der Waals surface area contributed by atoms with E-state index in [1.165, 1.54) is 18.0 Å². The smallest absolute Gasteiger partial charge is 0.271 e. The van der Waals surface area contributed by atoms with Crippen LogP contribution in [0.25, 0.3) is 0 Å². The molecular weight excluding hydrogens is 236 g/mol. The van der Waals surface area contributed by atoms with Crippen molar-refractivity contribution in [2.75, 3.05) is 5.73 Å². The molecule has 88 valence electrons. The van der Waals surface area contributed by atoms with Crippen LogP contribution in [0.5, 0.6) is 0 Å². The molecular formula is C11H12N4OS. The van der Waals surface area contributed by atoms with Gasteiger partial charge in [0.05, 0.1) is 18.9 Å². The fraction of sp³-hybridized carbons (Fsp3) is 0.182. The van der Waals surface area contributed by atoms with Crippen molar-refractivity contribution in [3.8, 4) is 0 Å². The Labute approximate surface area is 103 Å². The van der Waals surface area contributed by atoms with Crippen LogP contribution in [0.4, 0.5) is 5.82 Å². The highest BCUT2D eigenvalue weighted by Crippen LogP contribution is 2.14. The van der Waals surface area contributed by atoms with Crippen LogP contribution < -0.4 is 11.1 Å². The predicted octanol–water partition coefficient (Wildman–Crippen LogP) is 1.36. The second-order valence-corrected chi connectivity index (χ2v) is 4.54. The van der Waals surface area contributed by atoms with Crippen molar-refractivity contribution < 1.29 is 4.79 Å². The minimum Gasteiger partial charge on any atom is -0.382 e. The van der Waals surface area contributed by atoms with E-state index in [0.29, 0.717) is 6.54 Å². The number of carbonyl (C=O) groups excluding carboxylic acids is 1. The number of thiophene rings is 1. The third-order valence-electron chi connectivity index (χ3n) is 2.26. The molecule has 5 nitrogen and oxygen atoms in total. The average molecular weight is 248 g/mol. The second-order valence-electron chi connectivity index (χ2n) is 3.54. The molecule has 2 rings (SSSR count). The minimum atomic E-state index is -0.266. The molecule has 2 aromatic heterocycles. The van der Waals surface area contributed by atoms with E-state index in [0.717, 1.165) is 4.88 Å². The number of nitrogens with two attached hydrogens (primary N) is 1. The maximum absolute atomic E-state index is 11.7. The molecule has 0 aliphatic rings. The molecule has 0 radical (unpaired) electrons. The number of hydrogen-bond acceptors (Lipinski definition) is 5. The number of nitrogens with zero attached hydrogens (tertiary/aromatic N) is 2. The summed E-state index contributed by atoms with van der Waals surface area (Å²) in [5.74, 6) is -0.0254. The summed E-state index contributed by atoms with van der Waals surface area (Å²) in [6.07, 6.45) is 2.80. The van der Waals surface area contributed by atoms with Gasteiger partial charge in [-0.3, -0.25) is 9.78 Å². The molecule has 3 N–H and O–H groups in total. The molecule has 17 heavy (non-hydrogen) atoms. The highest BCUT2D eigenvalue weighted by atomic mass is 32.1. The second kappa shape index (κ2) is 4.92. The standard InChI is InChI=1S/C11H12N4OS/c1-7-2-3-17-9(7)5-14-11(16)8-4-13-6-10(12)15-8/h2-4,6H,5H2,1H3,(H2,12,15)(H,14,16). The Balaban J connectivity index is 2.01. The molecule has 0 unspecified atom stereocenters. The van der Waals surface area contributed by atoms with Gasteiger partial charge in [0, 0.05) is 4.88 Å². The Morgan fingerprint density at radius 1 is 1.53 bits per heavy atom. The van der Waals surface area contributed by atoms with E-state index in [-0.39, 0.29) is 17.4 Å². The van der Waals surface area contributed by atoms with Gasteiger partial charge in [-0.1, -0.05) is 0 Å². The lowest BCUT2D eigenvalue weighted by Crippen LogP contribution is -2.24. The third-order valence-corrected chi connectivity index (χ3v) is 3.29. The van der Waals surface area contributed by atoms with Crippen LogP contribution >= 0.6 is 11.3 Å². The minimum absolute atomic E-state index is 0.235. The van der Waals surface area contributed by atoms with Crippen LogP contribution in [-0.2, 0) is 6.54 Å². The van der Waals surface area contributed by atoms with Crippen LogP contribution in [0, 0.1) is 6.92 Å². The Hall–Kier alpha value is -1.95. The number of nitrogen functional groups attached to an aromatic ring is 1. The lowest BCUT2D eigenvalue weighted by atomic mass is 10.3. The van der Waals surface area contributed by atoms with Crippen LogP contribution in [0.3, 0.4) is 0 Å². The quantitative estimate of drug-likeness (QED) is 0.859. The van der Waals surface area contributed by atoms with Crippen LogP contribution in [-0.4, -0.2) is 15.9 Å². The summed E-state index contributed by atoms with van der Waals surface area (Å²) in [5.41, 5.74) is 6.87. The van der Waals surface area contributed by atoms with Crippen molar-refractivity contribution in [2.45, 2.75) is 13.5 Å². The molecule has 6 heteroatoms. The third kappa shape index (κ3) is 2.79. The van der Waals surface area contributed by atoms with Gasteiger partial charge in [-0.05, 0) is 23.9 Å². The van der Waals surface area contributed by atoms with E-state index in [1.54, 1.807) is 11.3 Å². The molecule has 1 amide bonds. The highest BCUT2D eigenvalue weighted by Gasteiger charge is 2.08. The Kier molecular flexibility index (Phi) is 3.34. The highest BCUT2D eigenvalue weighted by molar-refractivity contribution is 7.10. The lowest BCUT2D eigenvalue weighted by Gasteiger charge is -2.04. The fourth-order valence-corrected chi connectivity index (χ4v) is 2.17. The first kappa shape index (κ1) is 11.5. The zero-order valence-electron chi connectivity index (χ0n) is 9.30. The van der Waals surface area contributed by atoms with Gasteiger partial charge in [0.15, 0.2) is 0 Å². The summed E-state index contributed by atoms with van der Waals surface area (Å²) in [5, 5.41) is 4.78. The van der Waals surface area contributed by atoms with Gasteiger partial charge in [0.1, 0.15) is 11.5 Å². The zero-order valence-corrected chi connectivity index (χ0v) is 10.1. The van der Waals surface area contributed by atoms with E-state index in [9.17, 15) is 4.79 Å². The Bertz CT molecular complexity index is 538. The number of rotatable bonds is 3. The number of hydrogen-bond donors (Lipinski definition) is 2. The SMILES string of the molecule is Cc1ccsc1CNC(=O)c1cncc(N)n1. The summed E-state index contributed by atoms with van der Waals surface area (Å²) in [7, 11) is 0. The molecule has 2 aromatic rings. The van der Waals surface area contributed by atoms with Crippen molar-refractivity contribution >= 4 is 23.1 Å². The topological polar surface area (TPSA) is 80.9 Å². The summed E-state index contributed by atoms with van der Waals surface area (Å²) in [6.45, 7) is 2.51. The van der Waals surface area contributed by atoms with Gasteiger partial charge in [-0.15, -0.1) is 11.3 Å². The van der Waals surface area contributed by atoms with Gasteiger partial charge in [-0.25, -0.2) is 4.98 Å². The van der Waals surface area contributed by atoms with Crippen molar-refractivity contribution in [3.05, 3.63) is 40.0 Å². The number of carbonyl (C=O) groups is 1. The van der Waals surface area contributed by atoms with Gasteiger partial charge < -0.3 is 11.1 Å². The molecule has 0 spiro atoms. The van der Waals surface area contributed by atoms with Crippen LogP contribution in [0.2, 0.25) is 0 Å². The molecule has 0 aliphatic heterocycles. The maximum atomic E-state index is 11.7. The number of nitrogens with one attached hydrogen (secondary N) is 1. The number of aryl methyl sites for hydroxylation is 1. The van der Waals surface area contributed by atoms with E-state index in [2.05, 4.69) is 15.3 Å². The molecule has 0 atom stereocenters. The summed E-state index contributed by atoms with van der Waals surface area (Å²) in [4.78, 5) is 20.6. The monoisotopic (exact) mass is 248 g/mol. The predicted molar refractivity (Wildman–Crippen MR) is 66.7 cm³/mol. The van der Waals surface area contributed by atoms with Crippen molar-refractivity contribution in [3.63, 3.8) is 0 Å². The largest absolute Gasteiger partial charge is 0.382 e. The number of anilines is 1. The van der Waals surface area contributed by atoms with Crippen molar-refractivity contribution in [1.29, 1.82) is 0 Å². The zero-order chi connectivity index (χ0) is 12.3. The first-order valence-corrected chi connectivity index (χ1v) is 5.93. The van der Waals surface area contributed by atoms with Crippen LogP contribution in [0.1, 0.15) is 20.9 Å². The molecule has 0 saturated carbocycles. The van der Waals surface area contributed by atoms with Crippen LogP contribution in [0.15, 0.2) is 23.8 Å². The summed E-state index contributed by atoms with van der Waals surface area (Å²) < 4.78 is 0. The molecule has 0 aromatic carbocycles. The Morgan fingerprint density at radius 3 is 3.00 bits per heavy atom. The van der Waals surface area contributed by atoms with Crippen molar-refractivity contribution in [1.82, 2.24) is 15.3 Å². The van der Waals surface area contributed by atoms with Gasteiger partial charge >= 0.3 is 0 Å². The lowest BCUT2D eigenvalue weighted by molar-refractivity contribution is 0.0946. The molecule has 0 saturated heterocycles. The van der Waals surface area contributed by atoms with E-state index in [4.69, 9.17) is 5.73 Å². The summed E-state index contributed by atoms with van der Waals surface area (Å²) in [6, 6.07) is 2.02. The first-order chi connectivity index (χ1) is 8.16. The van der Waals surface area contributed by atoms with Crippen molar-refractivity contribution in [2.24, 2.45) is 0 Å². The average Bonchev–Trinajstić information content (AvgIpc) is 2.72. The number of amides is 1. The van der Waals surface area contributed by atoms with E-state index < -0.39 is 0 Å². The molecule has 2 heterocycles. The summed E-state index contributed by atoms with van der Waals surface area (Å²) >= 11 is 1.61. The van der Waals surface area contributed by atoms with E-state index in [1.807, 2.05) is 18.4 Å². The molecule has 0 fully saturated rings. The normalized spacial score (nSPS) is 10.2. The van der Waals surface area contributed by atoms with Gasteiger partial charge in [0.25, 0.3) is 5.91 Å². The number of aromatic nitrogens is 2. The van der Waals surface area contributed by atoms with Gasteiger partial charge in [-0.2, -0.15) is 0 Å². The molecule has 0 bridgehead atoms. The van der Waals surface area contributed by atoms with Gasteiger partial charge in [0.2, 0.25) is 0 Å². The van der Waals surface area contributed by atoms with E-state index >= 15 is 0 Å². The fourth-order valence-electron chi connectivity index (χ4n) is 1.33. The Morgan fingerprint density at radius 2 is 2.35 bits per heavy atom. The maximum Gasteiger partial charge on any atom is 0.271 e. The molecule has 0 aliphatic carbocycles.